The van der Waals surface area contributed by atoms with Crippen LogP contribution in [0, 0.1) is 0 Å². The summed E-state index contributed by atoms with van der Waals surface area (Å²) in [6.45, 7) is 14.0. The molecule has 0 aromatic heterocycles. The van der Waals surface area contributed by atoms with Gasteiger partial charge in [0, 0.05) is 50.2 Å². The number of sulfonamides is 1. The molecule has 0 atom stereocenters. The number of hydrogen-bond donors (Lipinski definition) is 1. The Bertz CT molecular complexity index is 1420. The van der Waals surface area contributed by atoms with Crippen molar-refractivity contribution >= 4 is 27.3 Å². The zero-order valence-electron chi connectivity index (χ0n) is 22.9. The number of aliphatic imine (C=N–C) groups is 1. The molecule has 8 nitrogen and oxygen atoms in total. The van der Waals surface area contributed by atoms with Crippen LogP contribution in [-0.4, -0.2) is 62.6 Å². The Morgan fingerprint density at radius 3 is 2.52 bits per heavy atom. The van der Waals surface area contributed by atoms with Gasteiger partial charge in [0.2, 0.25) is 0 Å². The highest BCUT2D eigenvalue weighted by Crippen LogP contribution is 2.23. The number of benzene rings is 2. The molecule has 0 bridgehead atoms. The summed E-state index contributed by atoms with van der Waals surface area (Å²) < 4.78 is 34.3. The second kappa shape index (κ2) is 13.4. The normalized spacial score (nSPS) is 17.3. The Balaban J connectivity index is 1.34. The lowest BCUT2D eigenvalue weighted by atomic mass is 10.1. The smallest absolute Gasteiger partial charge is 0.264 e. The summed E-state index contributed by atoms with van der Waals surface area (Å²) in [6, 6.07) is 14.7. The minimum atomic E-state index is -3.93. The highest BCUT2D eigenvalue weighted by molar-refractivity contribution is 7.97. The first-order chi connectivity index (χ1) is 19.3. The van der Waals surface area contributed by atoms with Gasteiger partial charge in [-0.05, 0) is 66.5 Å². The van der Waals surface area contributed by atoms with Gasteiger partial charge in [-0.3, -0.25) is 19.4 Å². The SMILES string of the molecule is C=C/N=C1\C(=C)C=CC=C1S(=O)(=O)Nc1ccc(C(=O)N2CCCN(Cc3ccc(OCCC)cc3)CC2)cc1. The number of amides is 1. The van der Waals surface area contributed by atoms with E-state index < -0.39 is 10.0 Å². The van der Waals surface area contributed by atoms with E-state index in [1.165, 1.54) is 17.8 Å². The Labute approximate surface area is 237 Å². The molecule has 1 aliphatic heterocycles. The Kier molecular flexibility index (Phi) is 9.74. The van der Waals surface area contributed by atoms with Crippen molar-refractivity contribution in [1.29, 1.82) is 0 Å². The molecule has 40 heavy (non-hydrogen) atoms. The van der Waals surface area contributed by atoms with Gasteiger partial charge in [-0.2, -0.15) is 0 Å². The van der Waals surface area contributed by atoms with Gasteiger partial charge in [0.1, 0.15) is 10.7 Å². The number of anilines is 1. The van der Waals surface area contributed by atoms with Crippen molar-refractivity contribution in [2.75, 3.05) is 37.5 Å². The fourth-order valence-corrected chi connectivity index (χ4v) is 5.85. The van der Waals surface area contributed by atoms with Gasteiger partial charge in [-0.15, -0.1) is 0 Å². The van der Waals surface area contributed by atoms with E-state index in [1.807, 2.05) is 17.0 Å². The van der Waals surface area contributed by atoms with Crippen LogP contribution in [-0.2, 0) is 16.6 Å². The van der Waals surface area contributed by atoms with E-state index in [1.54, 1.807) is 36.4 Å². The molecule has 2 aromatic carbocycles. The second-order valence-electron chi connectivity index (χ2n) is 9.67. The van der Waals surface area contributed by atoms with Gasteiger partial charge in [-0.25, -0.2) is 8.42 Å². The van der Waals surface area contributed by atoms with Gasteiger partial charge in [0.15, 0.2) is 0 Å². The van der Waals surface area contributed by atoms with E-state index in [2.05, 4.69) is 46.8 Å². The third kappa shape index (κ3) is 7.37. The molecule has 2 aromatic rings. The summed E-state index contributed by atoms with van der Waals surface area (Å²) in [6.07, 6.45) is 7.91. The lowest BCUT2D eigenvalue weighted by Gasteiger charge is -2.22. The van der Waals surface area contributed by atoms with Crippen LogP contribution in [0.15, 0.2) is 102 Å². The molecule has 9 heteroatoms. The van der Waals surface area contributed by atoms with Crippen LogP contribution in [0.25, 0.3) is 0 Å². The molecule has 1 amide bonds. The van der Waals surface area contributed by atoms with Crippen molar-refractivity contribution in [3.05, 3.63) is 108 Å². The van der Waals surface area contributed by atoms with Crippen LogP contribution >= 0.6 is 0 Å². The van der Waals surface area contributed by atoms with Crippen molar-refractivity contribution < 1.29 is 17.9 Å². The molecule has 2 aliphatic rings. The van der Waals surface area contributed by atoms with Crippen molar-refractivity contribution in [3.8, 4) is 5.75 Å². The molecule has 0 saturated carbocycles. The summed E-state index contributed by atoms with van der Waals surface area (Å²) in [5.41, 5.74) is 2.80. The number of nitrogens with one attached hydrogen (secondary N) is 1. The van der Waals surface area contributed by atoms with Crippen molar-refractivity contribution in [1.82, 2.24) is 9.80 Å². The number of carbonyl (C=O) groups excluding carboxylic acids is 1. The van der Waals surface area contributed by atoms with Crippen LogP contribution in [0.5, 0.6) is 5.75 Å². The van der Waals surface area contributed by atoms with Crippen LogP contribution in [0.3, 0.4) is 0 Å². The van der Waals surface area contributed by atoms with E-state index in [9.17, 15) is 13.2 Å². The molecule has 1 heterocycles. The van der Waals surface area contributed by atoms with Crippen LogP contribution in [0.4, 0.5) is 5.69 Å². The van der Waals surface area contributed by atoms with Crippen LogP contribution < -0.4 is 9.46 Å². The number of allylic oxidation sites excluding steroid dienone is 5. The summed E-state index contributed by atoms with van der Waals surface area (Å²) in [5.74, 6) is 0.822. The lowest BCUT2D eigenvalue weighted by Crippen LogP contribution is -2.35. The fraction of sp³-hybridized carbons (Fsp3) is 0.290. The number of nitrogens with zero attached hydrogens (tertiary/aromatic N) is 3. The average Bonchev–Trinajstić information content (AvgIpc) is 3.19. The molecule has 1 fully saturated rings. The molecule has 0 radical (unpaired) electrons. The van der Waals surface area contributed by atoms with E-state index >= 15 is 0 Å². The predicted octanol–water partition coefficient (Wildman–Crippen LogP) is 5.16. The number of hydrogen-bond acceptors (Lipinski definition) is 6. The summed E-state index contributed by atoms with van der Waals surface area (Å²) in [4.78, 5) is 21.6. The highest BCUT2D eigenvalue weighted by Gasteiger charge is 2.26. The first-order valence-electron chi connectivity index (χ1n) is 13.4. The topological polar surface area (TPSA) is 91.3 Å². The number of rotatable bonds is 10. The van der Waals surface area contributed by atoms with Gasteiger partial charge in [0.25, 0.3) is 15.9 Å². The molecule has 0 spiro atoms. The summed E-state index contributed by atoms with van der Waals surface area (Å²) >= 11 is 0. The van der Waals surface area contributed by atoms with E-state index in [-0.39, 0.29) is 16.5 Å². The lowest BCUT2D eigenvalue weighted by molar-refractivity contribution is 0.0761. The Morgan fingerprint density at radius 1 is 1.07 bits per heavy atom. The van der Waals surface area contributed by atoms with Crippen LogP contribution in [0.1, 0.15) is 35.7 Å². The maximum atomic E-state index is 13.2. The van der Waals surface area contributed by atoms with E-state index in [0.29, 0.717) is 36.5 Å². The zero-order valence-corrected chi connectivity index (χ0v) is 23.7. The molecule has 0 unspecified atom stereocenters. The van der Waals surface area contributed by atoms with Crippen molar-refractivity contribution in [2.45, 2.75) is 26.3 Å². The molecule has 1 aliphatic carbocycles. The third-order valence-corrected chi connectivity index (χ3v) is 8.07. The predicted molar refractivity (Wildman–Crippen MR) is 161 cm³/mol. The maximum absolute atomic E-state index is 13.2. The molecular formula is C31H36N4O4S. The van der Waals surface area contributed by atoms with Crippen LogP contribution in [0.2, 0.25) is 0 Å². The van der Waals surface area contributed by atoms with Crippen molar-refractivity contribution in [3.63, 3.8) is 0 Å². The van der Waals surface area contributed by atoms with Gasteiger partial charge in [-0.1, -0.05) is 44.4 Å². The summed E-state index contributed by atoms with van der Waals surface area (Å²) in [5, 5.41) is 0. The standard InChI is InChI=1S/C31H36N4O4S/c1-4-22-39-28-16-10-25(11-17-28)23-34-18-7-19-35(21-20-34)31(36)26-12-14-27(15-13-26)33-40(37,38)29-9-6-8-24(3)30(29)32-5-2/h5-6,8-17,33H,2-4,7,18-23H2,1H3/b32-30+. The van der Waals surface area contributed by atoms with E-state index in [4.69, 9.17) is 4.74 Å². The zero-order chi connectivity index (χ0) is 28.5. The Morgan fingerprint density at radius 2 is 1.82 bits per heavy atom. The fourth-order valence-electron chi connectivity index (χ4n) is 4.60. The molecular weight excluding hydrogens is 524 g/mol. The minimum absolute atomic E-state index is 0.00921. The molecule has 1 N–H and O–H groups in total. The minimum Gasteiger partial charge on any atom is -0.494 e. The largest absolute Gasteiger partial charge is 0.494 e. The van der Waals surface area contributed by atoms with Gasteiger partial charge < -0.3 is 9.64 Å². The molecule has 4 rings (SSSR count). The van der Waals surface area contributed by atoms with Gasteiger partial charge in [0.05, 0.1) is 12.3 Å². The monoisotopic (exact) mass is 560 g/mol. The first kappa shape index (κ1) is 29.0. The van der Waals surface area contributed by atoms with Gasteiger partial charge >= 0.3 is 0 Å². The average molecular weight is 561 g/mol. The summed E-state index contributed by atoms with van der Waals surface area (Å²) in [7, 11) is -3.93. The van der Waals surface area contributed by atoms with Crippen molar-refractivity contribution in [2.24, 2.45) is 4.99 Å². The Hall–Kier alpha value is -3.95. The second-order valence-corrected chi connectivity index (χ2v) is 11.3. The first-order valence-corrected chi connectivity index (χ1v) is 14.9. The quantitative estimate of drug-likeness (QED) is 0.434. The highest BCUT2D eigenvalue weighted by atomic mass is 32.2. The molecule has 210 valence electrons. The van der Waals surface area contributed by atoms with E-state index in [0.717, 1.165) is 38.2 Å². The number of carbonyl (C=O) groups is 1. The number of ether oxygens (including phenoxy) is 1. The molecule has 1 saturated heterocycles. The maximum Gasteiger partial charge on any atom is 0.264 e. The third-order valence-electron chi connectivity index (χ3n) is 6.65.